The lowest BCUT2D eigenvalue weighted by molar-refractivity contribution is 0.242. The van der Waals surface area contributed by atoms with Gasteiger partial charge in [0.1, 0.15) is 17.4 Å². The van der Waals surface area contributed by atoms with Crippen molar-refractivity contribution in [1.82, 2.24) is 19.8 Å². The fourth-order valence-corrected chi connectivity index (χ4v) is 4.36. The fourth-order valence-electron chi connectivity index (χ4n) is 4.36. The number of nitrogens with zero attached hydrogens (tertiary/aromatic N) is 3. The first-order chi connectivity index (χ1) is 17.0. The van der Waals surface area contributed by atoms with Crippen molar-refractivity contribution in [1.29, 1.82) is 0 Å². The van der Waals surface area contributed by atoms with Gasteiger partial charge in [-0.25, -0.2) is 9.37 Å². The Morgan fingerprint density at radius 2 is 1.77 bits per heavy atom. The Labute approximate surface area is 207 Å². The molecule has 0 unspecified atom stereocenters. The molecule has 0 aliphatic carbocycles. The van der Waals surface area contributed by atoms with Gasteiger partial charge in [0.15, 0.2) is 0 Å². The third-order valence-electron chi connectivity index (χ3n) is 6.15. The maximum atomic E-state index is 14.1. The fraction of sp³-hybridized carbons (Fsp3) is 0.345. The zero-order valence-corrected chi connectivity index (χ0v) is 20.8. The van der Waals surface area contributed by atoms with E-state index in [1.54, 1.807) is 19.2 Å². The van der Waals surface area contributed by atoms with Crippen molar-refractivity contribution in [3.63, 3.8) is 0 Å². The van der Waals surface area contributed by atoms with E-state index in [2.05, 4.69) is 51.0 Å². The van der Waals surface area contributed by atoms with Crippen LogP contribution in [0.2, 0.25) is 0 Å². The molecule has 35 heavy (non-hydrogen) atoms. The van der Waals surface area contributed by atoms with E-state index < -0.39 is 0 Å². The molecule has 0 spiro atoms. The first-order valence-electron chi connectivity index (χ1n) is 12.1. The average Bonchev–Trinajstić information content (AvgIpc) is 3.13. The van der Waals surface area contributed by atoms with Crippen molar-refractivity contribution >= 4 is 11.0 Å². The molecule has 1 fully saturated rings. The van der Waals surface area contributed by atoms with Gasteiger partial charge in [0.2, 0.25) is 0 Å². The highest BCUT2D eigenvalue weighted by Gasteiger charge is 2.18. The number of aryl methyl sites for hydroxylation is 2. The summed E-state index contributed by atoms with van der Waals surface area (Å²) in [5.74, 6) is 1.54. The van der Waals surface area contributed by atoms with Gasteiger partial charge in [-0.2, -0.15) is 0 Å². The number of aromatic amines is 1. The van der Waals surface area contributed by atoms with Crippen LogP contribution >= 0.6 is 0 Å². The lowest BCUT2D eigenvalue weighted by atomic mass is 10.2. The summed E-state index contributed by atoms with van der Waals surface area (Å²) in [5, 5.41) is 0. The minimum absolute atomic E-state index is 0.167. The smallest absolute Gasteiger partial charge is 0.127 e. The standard InChI is InChI=1S/C21H25FN4O.C8H8/c1-27-17-7-8-18(22)16(13-17)14-25-9-4-10-26(12-11-25)15-21-23-19-5-2-3-6-20(19)24-21;1-7-4-3-5-8(2)6-7/h2-3,5-8,13H,4,9-12,14-15H2,1H3,(H,23,24);4,6H,1-2H3. The predicted molar refractivity (Wildman–Crippen MR) is 138 cm³/mol. The number of hydrogen-bond acceptors (Lipinski definition) is 4. The second kappa shape index (κ2) is 11.8. The quantitative estimate of drug-likeness (QED) is 0.427. The summed E-state index contributed by atoms with van der Waals surface area (Å²) in [5.41, 5.74) is 5.20. The molecule has 2 heterocycles. The van der Waals surface area contributed by atoms with E-state index in [4.69, 9.17) is 4.74 Å². The maximum Gasteiger partial charge on any atom is 0.127 e. The van der Waals surface area contributed by atoms with Gasteiger partial charge in [-0.05, 0) is 86.9 Å². The third-order valence-corrected chi connectivity index (χ3v) is 6.15. The Hall–Kier alpha value is -3.40. The van der Waals surface area contributed by atoms with E-state index in [1.165, 1.54) is 11.6 Å². The molecule has 182 valence electrons. The zero-order valence-electron chi connectivity index (χ0n) is 20.8. The molecule has 0 radical (unpaired) electrons. The van der Waals surface area contributed by atoms with Crippen molar-refractivity contribution < 1.29 is 9.13 Å². The number of hydrogen-bond donors (Lipinski definition) is 1. The van der Waals surface area contributed by atoms with Crippen LogP contribution in [0.1, 0.15) is 28.9 Å². The summed E-state index contributed by atoms with van der Waals surface area (Å²) in [6.07, 6.45) is 1.06. The van der Waals surface area contributed by atoms with Crippen LogP contribution in [0, 0.1) is 31.8 Å². The second-order valence-corrected chi connectivity index (χ2v) is 9.05. The largest absolute Gasteiger partial charge is 0.497 e. The van der Waals surface area contributed by atoms with E-state index in [0.29, 0.717) is 17.9 Å². The molecule has 6 heteroatoms. The topological polar surface area (TPSA) is 44.4 Å². The average molecular weight is 473 g/mol. The summed E-state index contributed by atoms with van der Waals surface area (Å²) < 4.78 is 19.4. The Morgan fingerprint density at radius 1 is 1.00 bits per heavy atom. The first kappa shape index (κ1) is 24.7. The molecule has 1 aromatic heterocycles. The number of nitrogens with one attached hydrogen (secondary N) is 1. The Bertz CT molecular complexity index is 1190. The third kappa shape index (κ3) is 7.05. The SMILES string of the molecule is COc1ccc(F)c(CN2CCCN(Cc3nc4ccccc4[nH]3)CC2)c1.Cc1c#ccc(C)c1. The Balaban J connectivity index is 0.000000308. The van der Waals surface area contributed by atoms with Crippen molar-refractivity contribution in [2.45, 2.75) is 33.4 Å². The highest BCUT2D eigenvalue weighted by molar-refractivity contribution is 5.74. The number of ether oxygens (including phenoxy) is 1. The number of methoxy groups -OCH3 is 1. The molecule has 0 atom stereocenters. The van der Waals surface area contributed by atoms with Crippen LogP contribution in [0.25, 0.3) is 11.0 Å². The van der Waals surface area contributed by atoms with Crippen LogP contribution in [0.5, 0.6) is 5.75 Å². The normalized spacial score (nSPS) is 14.6. The number of aromatic nitrogens is 2. The van der Waals surface area contributed by atoms with Gasteiger partial charge in [-0.15, -0.1) is 0 Å². The molecule has 1 saturated heterocycles. The Kier molecular flexibility index (Phi) is 8.36. The summed E-state index contributed by atoms with van der Waals surface area (Å²) in [6, 6.07) is 22.9. The van der Waals surface area contributed by atoms with E-state index >= 15 is 0 Å². The van der Waals surface area contributed by atoms with Crippen molar-refractivity contribution in [3.8, 4) is 5.75 Å². The van der Waals surface area contributed by atoms with Crippen LogP contribution in [0.4, 0.5) is 4.39 Å². The number of H-pyrrole nitrogens is 1. The number of para-hydroxylation sites is 2. The first-order valence-corrected chi connectivity index (χ1v) is 12.1. The van der Waals surface area contributed by atoms with Crippen LogP contribution in [-0.4, -0.2) is 53.1 Å². The van der Waals surface area contributed by atoms with Gasteiger partial charge < -0.3 is 9.72 Å². The van der Waals surface area contributed by atoms with E-state index in [1.807, 2.05) is 31.2 Å². The monoisotopic (exact) mass is 472 g/mol. The number of imidazole rings is 1. The molecule has 0 amide bonds. The van der Waals surface area contributed by atoms with Gasteiger partial charge >= 0.3 is 0 Å². The van der Waals surface area contributed by atoms with Crippen LogP contribution in [0.15, 0.2) is 54.6 Å². The highest BCUT2D eigenvalue weighted by Crippen LogP contribution is 2.19. The molecule has 1 N–H and O–H groups in total. The summed E-state index contributed by atoms with van der Waals surface area (Å²) in [6.45, 7) is 9.35. The van der Waals surface area contributed by atoms with E-state index in [-0.39, 0.29) is 5.82 Å². The second-order valence-electron chi connectivity index (χ2n) is 9.05. The van der Waals surface area contributed by atoms with Gasteiger partial charge in [-0.1, -0.05) is 24.3 Å². The van der Waals surface area contributed by atoms with Gasteiger partial charge in [-0.3, -0.25) is 9.80 Å². The molecule has 5 rings (SSSR count). The lowest BCUT2D eigenvalue weighted by Crippen LogP contribution is -2.30. The number of halogens is 1. The van der Waals surface area contributed by atoms with Crippen LogP contribution in [-0.2, 0) is 13.1 Å². The minimum Gasteiger partial charge on any atom is -0.497 e. The molecule has 5 nitrogen and oxygen atoms in total. The number of fused-ring (bicyclic) bond motifs is 1. The van der Waals surface area contributed by atoms with Gasteiger partial charge in [0.25, 0.3) is 0 Å². The van der Waals surface area contributed by atoms with Gasteiger partial charge in [0.05, 0.1) is 24.7 Å². The lowest BCUT2D eigenvalue weighted by Gasteiger charge is -2.21. The van der Waals surface area contributed by atoms with E-state index in [0.717, 1.165) is 61.6 Å². The highest BCUT2D eigenvalue weighted by atomic mass is 19.1. The molecule has 1 aliphatic heterocycles. The van der Waals surface area contributed by atoms with Gasteiger partial charge in [0, 0.05) is 25.2 Å². The molecular formula is C29H33FN4O. The van der Waals surface area contributed by atoms with Crippen LogP contribution < -0.4 is 4.74 Å². The molecule has 4 aromatic rings. The number of rotatable bonds is 5. The molecule has 3 aromatic carbocycles. The zero-order chi connectivity index (χ0) is 24.6. The summed E-state index contributed by atoms with van der Waals surface area (Å²) >= 11 is 0. The summed E-state index contributed by atoms with van der Waals surface area (Å²) in [4.78, 5) is 12.8. The van der Waals surface area contributed by atoms with Crippen molar-refractivity contribution in [2.24, 2.45) is 0 Å². The maximum absolute atomic E-state index is 14.1. The minimum atomic E-state index is -0.167. The Morgan fingerprint density at radius 3 is 2.46 bits per heavy atom. The molecule has 0 saturated carbocycles. The number of benzene rings is 2. The predicted octanol–water partition coefficient (Wildman–Crippen LogP) is 5.32. The van der Waals surface area contributed by atoms with Crippen molar-refractivity contribution in [2.75, 3.05) is 33.3 Å². The van der Waals surface area contributed by atoms with E-state index in [9.17, 15) is 4.39 Å². The van der Waals surface area contributed by atoms with Crippen molar-refractivity contribution in [3.05, 3.63) is 95.1 Å². The molecule has 0 bridgehead atoms. The molecule has 1 aliphatic rings. The molecular weight excluding hydrogens is 439 g/mol. The summed E-state index contributed by atoms with van der Waals surface area (Å²) in [7, 11) is 1.61. The van der Waals surface area contributed by atoms with Crippen LogP contribution in [0.3, 0.4) is 0 Å².